The van der Waals surface area contributed by atoms with Crippen LogP contribution in [0, 0.1) is 13.8 Å². The summed E-state index contributed by atoms with van der Waals surface area (Å²) < 4.78 is 7.14. The zero-order valence-corrected chi connectivity index (χ0v) is 14.0. The van der Waals surface area contributed by atoms with Crippen molar-refractivity contribution in [2.24, 2.45) is 0 Å². The highest BCUT2D eigenvalue weighted by atomic mass is 16.5. The molecule has 4 rings (SSSR count). The number of nitrogens with zero attached hydrogens (tertiary/aromatic N) is 7. The minimum Gasteiger partial charge on any atom is -0.377 e. The highest BCUT2D eigenvalue weighted by molar-refractivity contribution is 5.78. The number of amides is 1. The molecule has 130 valence electrons. The molecule has 1 aliphatic rings. The molecular formula is C15H18N8O2. The lowest BCUT2D eigenvalue weighted by Gasteiger charge is -2.34. The van der Waals surface area contributed by atoms with E-state index in [1.54, 1.807) is 9.42 Å². The maximum atomic E-state index is 12.8. The number of carbonyl (C=O) groups is 1. The van der Waals surface area contributed by atoms with Crippen molar-refractivity contribution in [1.29, 1.82) is 0 Å². The standard InChI is InChI=1S/C15H18N8O2/c1-9-5-10(2)23-15(18-9)19-12(21-23)6-13(24)22-3-4-25-7-11(22)14-16-8-17-20-14/h5,8,11H,3-4,6-7H2,1-2H3,(H,16,17,20). The Morgan fingerprint density at radius 3 is 3.08 bits per heavy atom. The smallest absolute Gasteiger partial charge is 0.252 e. The summed E-state index contributed by atoms with van der Waals surface area (Å²) in [6.07, 6.45) is 1.53. The Balaban J connectivity index is 1.57. The number of H-pyrrole nitrogens is 1. The molecule has 25 heavy (non-hydrogen) atoms. The molecule has 0 aliphatic carbocycles. The van der Waals surface area contributed by atoms with E-state index in [0.717, 1.165) is 11.4 Å². The average molecular weight is 342 g/mol. The predicted molar refractivity (Wildman–Crippen MR) is 85.6 cm³/mol. The van der Waals surface area contributed by atoms with Gasteiger partial charge in [0.15, 0.2) is 5.82 Å². The van der Waals surface area contributed by atoms with Gasteiger partial charge in [-0.1, -0.05) is 0 Å². The van der Waals surface area contributed by atoms with Crippen LogP contribution in [0.5, 0.6) is 0 Å². The van der Waals surface area contributed by atoms with E-state index in [1.807, 2.05) is 19.9 Å². The number of hydrogen-bond donors (Lipinski definition) is 1. The SMILES string of the molecule is Cc1cc(C)n2nc(CC(=O)N3CCOCC3c3ncn[nH]3)nc2n1. The van der Waals surface area contributed by atoms with Crippen molar-refractivity contribution in [2.45, 2.75) is 26.3 Å². The quantitative estimate of drug-likeness (QED) is 0.712. The average Bonchev–Trinajstić information content (AvgIpc) is 3.24. The summed E-state index contributed by atoms with van der Waals surface area (Å²) in [5.41, 5.74) is 1.80. The molecule has 0 bridgehead atoms. The van der Waals surface area contributed by atoms with Gasteiger partial charge in [0.1, 0.15) is 18.2 Å². The molecule has 10 nitrogen and oxygen atoms in total. The molecule has 0 saturated carbocycles. The van der Waals surface area contributed by atoms with Crippen LogP contribution in [0.15, 0.2) is 12.4 Å². The summed E-state index contributed by atoms with van der Waals surface area (Å²) >= 11 is 0. The second-order valence-corrected chi connectivity index (χ2v) is 6.00. The van der Waals surface area contributed by atoms with Crippen LogP contribution < -0.4 is 0 Å². The Hall–Kier alpha value is -2.88. The number of morpholine rings is 1. The molecular weight excluding hydrogens is 324 g/mol. The molecule has 3 aromatic rings. The van der Waals surface area contributed by atoms with Crippen LogP contribution in [0.2, 0.25) is 0 Å². The van der Waals surface area contributed by atoms with Crippen molar-refractivity contribution in [3.8, 4) is 0 Å². The number of aromatic nitrogens is 7. The fraction of sp³-hybridized carbons (Fsp3) is 0.467. The molecule has 3 aromatic heterocycles. The molecule has 1 unspecified atom stereocenters. The van der Waals surface area contributed by atoms with Gasteiger partial charge in [-0.3, -0.25) is 9.89 Å². The Bertz CT molecular complexity index is 904. The summed E-state index contributed by atoms with van der Waals surface area (Å²) in [5, 5.41) is 11.1. The predicted octanol–water partition coefficient (Wildman–Crippen LogP) is 0.00184. The number of aryl methyl sites for hydroxylation is 2. The van der Waals surface area contributed by atoms with Gasteiger partial charge in [0, 0.05) is 17.9 Å². The highest BCUT2D eigenvalue weighted by Gasteiger charge is 2.31. The van der Waals surface area contributed by atoms with Crippen molar-refractivity contribution in [3.63, 3.8) is 0 Å². The van der Waals surface area contributed by atoms with E-state index in [4.69, 9.17) is 4.74 Å². The molecule has 1 aliphatic heterocycles. The first-order chi connectivity index (χ1) is 12.1. The minimum atomic E-state index is -0.275. The lowest BCUT2D eigenvalue weighted by molar-refractivity contribution is -0.139. The Morgan fingerprint density at radius 2 is 2.28 bits per heavy atom. The number of ether oxygens (including phenoxy) is 1. The van der Waals surface area contributed by atoms with Crippen LogP contribution in [-0.4, -0.2) is 65.3 Å². The summed E-state index contributed by atoms with van der Waals surface area (Å²) in [4.78, 5) is 27.4. The molecule has 0 spiro atoms. The molecule has 10 heteroatoms. The van der Waals surface area contributed by atoms with E-state index in [-0.39, 0.29) is 18.4 Å². The summed E-state index contributed by atoms with van der Waals surface area (Å²) in [6.45, 7) is 5.22. The Morgan fingerprint density at radius 1 is 1.40 bits per heavy atom. The van der Waals surface area contributed by atoms with Crippen LogP contribution in [0.1, 0.15) is 29.1 Å². The third kappa shape index (κ3) is 2.95. The van der Waals surface area contributed by atoms with E-state index < -0.39 is 0 Å². The van der Waals surface area contributed by atoms with E-state index in [2.05, 4.69) is 30.2 Å². The first kappa shape index (κ1) is 15.6. The molecule has 0 aromatic carbocycles. The second-order valence-electron chi connectivity index (χ2n) is 6.00. The van der Waals surface area contributed by atoms with E-state index in [0.29, 0.717) is 37.2 Å². The van der Waals surface area contributed by atoms with Crippen LogP contribution in [0.4, 0.5) is 0 Å². The van der Waals surface area contributed by atoms with Gasteiger partial charge in [-0.2, -0.15) is 10.1 Å². The van der Waals surface area contributed by atoms with Crippen LogP contribution in [-0.2, 0) is 16.0 Å². The number of hydrogen-bond acceptors (Lipinski definition) is 7. The molecule has 1 saturated heterocycles. The maximum absolute atomic E-state index is 12.8. The van der Waals surface area contributed by atoms with Gasteiger partial charge in [0.25, 0.3) is 5.78 Å². The van der Waals surface area contributed by atoms with E-state index >= 15 is 0 Å². The van der Waals surface area contributed by atoms with Crippen molar-refractivity contribution in [3.05, 3.63) is 35.4 Å². The van der Waals surface area contributed by atoms with Crippen LogP contribution >= 0.6 is 0 Å². The number of aromatic amines is 1. The van der Waals surface area contributed by atoms with Crippen LogP contribution in [0.3, 0.4) is 0 Å². The molecule has 1 atom stereocenters. The molecule has 4 heterocycles. The zero-order chi connectivity index (χ0) is 17.4. The summed E-state index contributed by atoms with van der Waals surface area (Å²) in [5.74, 6) is 1.50. The van der Waals surface area contributed by atoms with Crippen molar-refractivity contribution >= 4 is 11.7 Å². The van der Waals surface area contributed by atoms with Crippen molar-refractivity contribution in [1.82, 2.24) is 39.7 Å². The number of carbonyl (C=O) groups excluding carboxylic acids is 1. The normalized spacial score (nSPS) is 18.0. The molecule has 1 N–H and O–H groups in total. The van der Waals surface area contributed by atoms with Gasteiger partial charge in [0.05, 0.1) is 19.6 Å². The third-order valence-electron chi connectivity index (χ3n) is 4.17. The number of rotatable bonds is 3. The van der Waals surface area contributed by atoms with E-state index in [1.165, 1.54) is 6.33 Å². The Labute approximate surface area is 143 Å². The highest BCUT2D eigenvalue weighted by Crippen LogP contribution is 2.21. The fourth-order valence-electron chi connectivity index (χ4n) is 3.02. The van der Waals surface area contributed by atoms with Crippen molar-refractivity contribution < 1.29 is 9.53 Å². The maximum Gasteiger partial charge on any atom is 0.252 e. The fourth-order valence-corrected chi connectivity index (χ4v) is 3.02. The van der Waals surface area contributed by atoms with Gasteiger partial charge in [-0.25, -0.2) is 14.5 Å². The van der Waals surface area contributed by atoms with Gasteiger partial charge in [-0.15, -0.1) is 5.10 Å². The lowest BCUT2D eigenvalue weighted by atomic mass is 10.2. The number of fused-ring (bicyclic) bond motifs is 1. The van der Waals surface area contributed by atoms with Gasteiger partial charge < -0.3 is 9.64 Å². The lowest BCUT2D eigenvalue weighted by Crippen LogP contribution is -2.44. The summed E-state index contributed by atoms with van der Waals surface area (Å²) in [7, 11) is 0. The van der Waals surface area contributed by atoms with Gasteiger partial charge in [-0.05, 0) is 19.9 Å². The monoisotopic (exact) mass is 342 g/mol. The Kier molecular flexibility index (Phi) is 3.88. The zero-order valence-electron chi connectivity index (χ0n) is 14.0. The van der Waals surface area contributed by atoms with E-state index in [9.17, 15) is 4.79 Å². The summed E-state index contributed by atoms with van der Waals surface area (Å²) in [6, 6.07) is 1.65. The number of nitrogens with one attached hydrogen (secondary N) is 1. The second kappa shape index (κ2) is 6.20. The first-order valence-electron chi connectivity index (χ1n) is 8.04. The first-order valence-corrected chi connectivity index (χ1v) is 8.04. The molecule has 1 fully saturated rings. The third-order valence-corrected chi connectivity index (χ3v) is 4.17. The van der Waals surface area contributed by atoms with Crippen LogP contribution in [0.25, 0.3) is 5.78 Å². The topological polar surface area (TPSA) is 114 Å². The van der Waals surface area contributed by atoms with Gasteiger partial charge in [0.2, 0.25) is 5.91 Å². The van der Waals surface area contributed by atoms with Crippen molar-refractivity contribution in [2.75, 3.05) is 19.8 Å². The molecule has 0 radical (unpaired) electrons. The van der Waals surface area contributed by atoms with Gasteiger partial charge >= 0.3 is 0 Å². The minimum absolute atomic E-state index is 0.0741. The molecule has 1 amide bonds. The largest absolute Gasteiger partial charge is 0.377 e.